The molecular formula is C30H50O4. The van der Waals surface area contributed by atoms with Gasteiger partial charge in [0.25, 0.3) is 0 Å². The van der Waals surface area contributed by atoms with Gasteiger partial charge in [0.05, 0.1) is 29.8 Å². The number of hydrogen-bond donors (Lipinski definition) is 0. The number of carbonyl (C=O) groups excluding carboxylic acids is 2. The largest absolute Gasteiger partial charge is 0.462 e. The number of rotatable bonds is 22. The molecule has 0 bridgehead atoms. The molecule has 0 aromatic heterocycles. The highest BCUT2D eigenvalue weighted by Crippen LogP contribution is 2.15. The van der Waals surface area contributed by atoms with Crippen molar-refractivity contribution in [3.05, 3.63) is 35.3 Å². The van der Waals surface area contributed by atoms with E-state index in [0.717, 1.165) is 38.5 Å². The minimum atomic E-state index is -0.911. The summed E-state index contributed by atoms with van der Waals surface area (Å²) < 4.78 is 42.9. The van der Waals surface area contributed by atoms with Crippen LogP contribution in [-0.4, -0.2) is 25.2 Å². The predicted molar refractivity (Wildman–Crippen MR) is 141 cm³/mol. The molecule has 0 aliphatic heterocycles. The summed E-state index contributed by atoms with van der Waals surface area (Å²) in [5.41, 5.74) is -0.881. The van der Waals surface area contributed by atoms with Crippen LogP contribution in [0.1, 0.15) is 156 Å². The monoisotopic (exact) mass is 478 g/mol. The highest BCUT2D eigenvalue weighted by atomic mass is 16.5. The first-order chi connectivity index (χ1) is 18.4. The fourth-order valence-corrected chi connectivity index (χ4v) is 3.92. The van der Waals surface area contributed by atoms with Crippen LogP contribution in [0.2, 0.25) is 0 Å². The summed E-state index contributed by atoms with van der Waals surface area (Å²) in [5, 5.41) is 0. The van der Waals surface area contributed by atoms with Gasteiger partial charge in [-0.2, -0.15) is 0 Å². The van der Waals surface area contributed by atoms with Gasteiger partial charge < -0.3 is 9.47 Å². The van der Waals surface area contributed by atoms with Gasteiger partial charge in [0.1, 0.15) is 0 Å². The fourth-order valence-electron chi connectivity index (χ4n) is 3.92. The van der Waals surface area contributed by atoms with Crippen LogP contribution in [0, 0.1) is 0 Å². The van der Waals surface area contributed by atoms with Crippen LogP contribution in [-0.2, 0) is 9.47 Å². The SMILES string of the molecule is [2H]c1c([2H])c([2H])c(C(=O)OCCCCCCCCCCC)c(C(=O)OCCCCCCCCCCC)c1[2H]. The third-order valence-electron chi connectivity index (χ3n) is 6.06. The van der Waals surface area contributed by atoms with E-state index >= 15 is 0 Å². The van der Waals surface area contributed by atoms with Crippen LogP contribution in [0.4, 0.5) is 0 Å². The van der Waals surface area contributed by atoms with Crippen molar-refractivity contribution in [3.63, 3.8) is 0 Å². The van der Waals surface area contributed by atoms with Gasteiger partial charge in [-0.1, -0.05) is 129 Å². The average Bonchev–Trinajstić information content (AvgIpc) is 2.91. The lowest BCUT2D eigenvalue weighted by Crippen LogP contribution is -2.15. The molecule has 1 aromatic carbocycles. The van der Waals surface area contributed by atoms with E-state index in [2.05, 4.69) is 13.8 Å². The molecular weight excluding hydrogens is 424 g/mol. The average molecular weight is 479 g/mol. The summed E-state index contributed by atoms with van der Waals surface area (Å²) >= 11 is 0. The van der Waals surface area contributed by atoms with Gasteiger partial charge in [-0.15, -0.1) is 0 Å². The molecule has 1 rings (SSSR count). The minimum absolute atomic E-state index is 0.143. The Kier molecular flexibility index (Phi) is 15.2. The quantitative estimate of drug-likeness (QED) is 0.123. The molecule has 0 fully saturated rings. The van der Waals surface area contributed by atoms with E-state index in [1.165, 1.54) is 64.2 Å². The number of esters is 2. The van der Waals surface area contributed by atoms with Crippen LogP contribution in [0.5, 0.6) is 0 Å². The van der Waals surface area contributed by atoms with Crippen molar-refractivity contribution in [2.75, 3.05) is 13.2 Å². The van der Waals surface area contributed by atoms with Gasteiger partial charge in [0.2, 0.25) is 0 Å². The summed E-state index contributed by atoms with van der Waals surface area (Å²) in [5.74, 6) is -1.82. The Hall–Kier alpha value is -1.84. The number of benzene rings is 1. The smallest absolute Gasteiger partial charge is 0.339 e. The van der Waals surface area contributed by atoms with E-state index in [1.54, 1.807) is 0 Å². The lowest BCUT2D eigenvalue weighted by molar-refractivity contribution is 0.0450. The topological polar surface area (TPSA) is 52.6 Å². The van der Waals surface area contributed by atoms with E-state index in [0.29, 0.717) is 12.8 Å². The molecule has 0 aliphatic carbocycles. The van der Waals surface area contributed by atoms with Gasteiger partial charge in [-0.05, 0) is 24.9 Å². The molecule has 0 spiro atoms. The van der Waals surface area contributed by atoms with E-state index in [9.17, 15) is 9.59 Å². The number of hydrogen-bond acceptors (Lipinski definition) is 4. The summed E-state index contributed by atoms with van der Waals surface area (Å²) in [4.78, 5) is 25.6. The number of unbranched alkanes of at least 4 members (excludes halogenated alkanes) is 16. The highest BCUT2D eigenvalue weighted by molar-refractivity contribution is 6.03. The Morgan fingerprint density at radius 1 is 0.559 bits per heavy atom. The Bertz CT molecular complexity index is 762. The van der Waals surface area contributed by atoms with Crippen molar-refractivity contribution in [1.82, 2.24) is 0 Å². The molecule has 0 heterocycles. The lowest BCUT2D eigenvalue weighted by Gasteiger charge is -2.10. The van der Waals surface area contributed by atoms with Crippen LogP contribution in [0.15, 0.2) is 24.2 Å². The van der Waals surface area contributed by atoms with Crippen LogP contribution in [0.25, 0.3) is 0 Å². The Labute approximate surface area is 214 Å². The maximum absolute atomic E-state index is 12.8. The summed E-state index contributed by atoms with van der Waals surface area (Å²) in [6.07, 6.45) is 20.1. The maximum atomic E-state index is 12.8. The van der Waals surface area contributed by atoms with E-state index in [1.807, 2.05) is 0 Å². The molecule has 0 aliphatic rings. The Morgan fingerprint density at radius 2 is 0.853 bits per heavy atom. The molecule has 1 aromatic rings. The first-order valence-electron chi connectivity index (χ1n) is 15.8. The second-order valence-electron chi connectivity index (χ2n) is 9.18. The maximum Gasteiger partial charge on any atom is 0.339 e. The minimum Gasteiger partial charge on any atom is -0.462 e. The molecule has 0 radical (unpaired) electrons. The fraction of sp³-hybridized carbons (Fsp3) is 0.733. The van der Waals surface area contributed by atoms with Crippen molar-refractivity contribution < 1.29 is 24.5 Å². The molecule has 0 atom stereocenters. The van der Waals surface area contributed by atoms with Crippen molar-refractivity contribution >= 4 is 11.9 Å². The molecule has 0 unspecified atom stereocenters. The Morgan fingerprint density at radius 3 is 1.18 bits per heavy atom. The first-order valence-corrected chi connectivity index (χ1v) is 13.8. The van der Waals surface area contributed by atoms with Gasteiger partial charge >= 0.3 is 11.9 Å². The van der Waals surface area contributed by atoms with E-state index in [-0.39, 0.29) is 13.2 Å². The van der Waals surface area contributed by atoms with E-state index in [4.69, 9.17) is 15.0 Å². The highest BCUT2D eigenvalue weighted by Gasteiger charge is 2.18. The molecule has 194 valence electrons. The van der Waals surface area contributed by atoms with Crippen molar-refractivity contribution in [1.29, 1.82) is 0 Å². The van der Waals surface area contributed by atoms with Gasteiger partial charge in [-0.25, -0.2) is 9.59 Å². The second kappa shape index (κ2) is 21.7. The molecule has 0 saturated heterocycles. The Balaban J connectivity index is 2.55. The van der Waals surface area contributed by atoms with Crippen LogP contribution in [0.3, 0.4) is 0 Å². The van der Waals surface area contributed by atoms with E-state index < -0.39 is 47.2 Å². The van der Waals surface area contributed by atoms with Crippen LogP contribution < -0.4 is 0 Å². The third-order valence-corrected chi connectivity index (χ3v) is 6.06. The number of ether oxygens (including phenoxy) is 2. The van der Waals surface area contributed by atoms with Crippen molar-refractivity contribution in [3.8, 4) is 0 Å². The first kappa shape index (κ1) is 23.9. The normalized spacial score (nSPS) is 12.5. The molecule has 4 nitrogen and oxygen atoms in total. The zero-order chi connectivity index (χ0) is 28.2. The zero-order valence-corrected chi connectivity index (χ0v) is 21.8. The van der Waals surface area contributed by atoms with Crippen LogP contribution >= 0.6 is 0 Å². The molecule has 0 N–H and O–H groups in total. The summed E-state index contributed by atoms with van der Waals surface area (Å²) in [6.45, 7) is 4.69. The van der Waals surface area contributed by atoms with Crippen molar-refractivity contribution in [2.24, 2.45) is 0 Å². The number of carbonyl (C=O) groups is 2. The second-order valence-corrected chi connectivity index (χ2v) is 9.18. The van der Waals surface area contributed by atoms with Gasteiger partial charge in [0, 0.05) is 0 Å². The lowest BCUT2D eigenvalue weighted by atomic mass is 10.1. The third kappa shape index (κ3) is 15.1. The standard InChI is InChI=1S/C30H50O4/c1-3-5-7-9-11-13-15-17-21-25-33-29(31)27-23-19-20-24-28(27)30(32)34-26-22-18-16-14-12-10-8-6-4-2/h19-20,23-24H,3-18,21-22,25-26H2,1-2H3/i19D,20D,23D,24D. The summed E-state index contributed by atoms with van der Waals surface area (Å²) in [7, 11) is 0. The van der Waals surface area contributed by atoms with Crippen molar-refractivity contribution in [2.45, 2.75) is 129 Å². The molecule has 34 heavy (non-hydrogen) atoms. The zero-order valence-electron chi connectivity index (χ0n) is 25.8. The van der Waals surface area contributed by atoms with Gasteiger partial charge in [0.15, 0.2) is 0 Å². The predicted octanol–water partition coefficient (Wildman–Crippen LogP) is 9.06. The van der Waals surface area contributed by atoms with Gasteiger partial charge in [-0.3, -0.25) is 0 Å². The summed E-state index contributed by atoms with van der Waals surface area (Å²) in [6, 6.07) is -2.28. The molecule has 4 heteroatoms. The molecule has 0 amide bonds. The molecule has 0 saturated carbocycles.